The number of amides is 1. The molecule has 0 saturated carbocycles. The molecular formula is C28H36N2O6. The number of esters is 1. The van der Waals surface area contributed by atoms with Crippen molar-refractivity contribution < 1.29 is 28.9 Å². The third-order valence-corrected chi connectivity index (χ3v) is 6.22. The van der Waals surface area contributed by atoms with E-state index in [1.807, 2.05) is 49.5 Å². The number of hydrogen-bond acceptors (Lipinski definition) is 7. The fourth-order valence-electron chi connectivity index (χ4n) is 4.20. The molecule has 0 unspecified atom stereocenters. The van der Waals surface area contributed by atoms with E-state index in [0.29, 0.717) is 12.2 Å². The maximum absolute atomic E-state index is 12.3. The molecule has 1 heterocycles. The van der Waals surface area contributed by atoms with E-state index < -0.39 is 24.3 Å². The summed E-state index contributed by atoms with van der Waals surface area (Å²) in [6.45, 7) is 10.2. The van der Waals surface area contributed by atoms with E-state index >= 15 is 0 Å². The van der Waals surface area contributed by atoms with Crippen molar-refractivity contribution in [2.24, 2.45) is 5.92 Å². The number of aliphatic hydroxyl groups is 1. The van der Waals surface area contributed by atoms with Gasteiger partial charge in [0, 0.05) is 37.2 Å². The summed E-state index contributed by atoms with van der Waals surface area (Å²) in [4.78, 5) is 25.5. The summed E-state index contributed by atoms with van der Waals surface area (Å²) in [5.41, 5.74) is 3.26. The van der Waals surface area contributed by atoms with Crippen LogP contribution in [-0.2, 0) is 30.4 Å². The van der Waals surface area contributed by atoms with Crippen molar-refractivity contribution in [3.05, 3.63) is 77.9 Å². The molecule has 1 saturated heterocycles. The summed E-state index contributed by atoms with van der Waals surface area (Å²) in [6, 6.07) is 15.0. The minimum Gasteiger partial charge on any atom is -0.453 e. The minimum atomic E-state index is -0.889. The van der Waals surface area contributed by atoms with Crippen molar-refractivity contribution in [1.29, 1.82) is 0 Å². The SMILES string of the molecule is C=CCN(C)C[C@@H]1O[C@H](c2ccc(NC(=O)[C@H](C)OC(C)=O)cc2)O[C@H](c2ccc(CO)cc2)[C@@H]1C. The third-order valence-electron chi connectivity index (χ3n) is 6.22. The zero-order valence-electron chi connectivity index (χ0n) is 21.3. The second kappa shape index (κ2) is 12.8. The number of anilines is 1. The Morgan fingerprint density at radius 2 is 1.78 bits per heavy atom. The van der Waals surface area contributed by atoms with Crippen molar-refractivity contribution in [3.63, 3.8) is 0 Å². The summed E-state index contributed by atoms with van der Waals surface area (Å²) < 4.78 is 17.8. The molecule has 3 rings (SSSR count). The Hall–Kier alpha value is -3.04. The molecule has 1 aliphatic rings. The summed E-state index contributed by atoms with van der Waals surface area (Å²) >= 11 is 0. The van der Waals surface area contributed by atoms with Crippen LogP contribution in [0.1, 0.15) is 49.9 Å². The minimum absolute atomic E-state index is 0.00932. The summed E-state index contributed by atoms with van der Waals surface area (Å²) in [5.74, 6) is -0.842. The molecular weight excluding hydrogens is 460 g/mol. The van der Waals surface area contributed by atoms with Crippen molar-refractivity contribution in [3.8, 4) is 0 Å². The molecule has 5 atom stereocenters. The first kappa shape index (κ1) is 27.5. The zero-order chi connectivity index (χ0) is 26.2. The number of likely N-dealkylation sites (N-methyl/N-ethyl adjacent to an activating group) is 1. The highest BCUT2D eigenvalue weighted by Gasteiger charge is 2.38. The maximum atomic E-state index is 12.3. The highest BCUT2D eigenvalue weighted by Crippen LogP contribution is 2.41. The summed E-state index contributed by atoms with van der Waals surface area (Å²) in [5, 5.41) is 12.2. The molecule has 8 heteroatoms. The largest absolute Gasteiger partial charge is 0.453 e. The topological polar surface area (TPSA) is 97.3 Å². The Balaban J connectivity index is 1.79. The number of rotatable bonds is 10. The van der Waals surface area contributed by atoms with E-state index in [9.17, 15) is 14.7 Å². The van der Waals surface area contributed by atoms with Gasteiger partial charge in [-0.05, 0) is 37.2 Å². The fraction of sp³-hybridized carbons (Fsp3) is 0.429. The molecule has 2 N–H and O–H groups in total. The third kappa shape index (κ3) is 7.24. The van der Waals surface area contributed by atoms with Gasteiger partial charge in [0.2, 0.25) is 0 Å². The van der Waals surface area contributed by atoms with Crippen molar-refractivity contribution in [2.45, 2.75) is 52.0 Å². The smallest absolute Gasteiger partial charge is 0.303 e. The zero-order valence-corrected chi connectivity index (χ0v) is 21.3. The van der Waals surface area contributed by atoms with Gasteiger partial charge in [0.1, 0.15) is 0 Å². The Morgan fingerprint density at radius 3 is 2.36 bits per heavy atom. The number of nitrogens with zero attached hydrogens (tertiary/aromatic N) is 1. The maximum Gasteiger partial charge on any atom is 0.303 e. The van der Waals surface area contributed by atoms with Gasteiger partial charge in [-0.15, -0.1) is 6.58 Å². The second-order valence-electron chi connectivity index (χ2n) is 9.19. The Kier molecular flexibility index (Phi) is 9.78. The van der Waals surface area contributed by atoms with Crippen LogP contribution in [-0.4, -0.2) is 54.2 Å². The molecule has 1 amide bonds. The number of benzene rings is 2. The second-order valence-corrected chi connectivity index (χ2v) is 9.19. The van der Waals surface area contributed by atoms with Gasteiger partial charge in [0.05, 0.1) is 18.8 Å². The number of ether oxygens (including phenoxy) is 3. The highest BCUT2D eigenvalue weighted by atomic mass is 16.7. The number of carbonyl (C=O) groups is 2. The van der Waals surface area contributed by atoms with Crippen LogP contribution < -0.4 is 5.32 Å². The van der Waals surface area contributed by atoms with Gasteiger partial charge in [-0.1, -0.05) is 49.4 Å². The first-order valence-electron chi connectivity index (χ1n) is 12.1. The van der Waals surface area contributed by atoms with Gasteiger partial charge >= 0.3 is 5.97 Å². The quantitative estimate of drug-likeness (QED) is 0.379. The van der Waals surface area contributed by atoms with Gasteiger partial charge in [-0.25, -0.2) is 0 Å². The highest BCUT2D eigenvalue weighted by molar-refractivity contribution is 5.94. The molecule has 0 spiro atoms. The van der Waals surface area contributed by atoms with Crippen molar-refractivity contribution in [2.75, 3.05) is 25.5 Å². The number of carbonyl (C=O) groups excluding carboxylic acids is 2. The van der Waals surface area contributed by atoms with Crippen molar-refractivity contribution >= 4 is 17.6 Å². The number of aliphatic hydroxyl groups excluding tert-OH is 1. The average Bonchev–Trinajstić information content (AvgIpc) is 2.85. The lowest BCUT2D eigenvalue weighted by Crippen LogP contribution is -2.43. The van der Waals surface area contributed by atoms with E-state index in [0.717, 1.165) is 23.2 Å². The molecule has 0 aromatic heterocycles. The van der Waals surface area contributed by atoms with Crippen LogP contribution in [0.2, 0.25) is 0 Å². The van der Waals surface area contributed by atoms with Gasteiger partial charge in [0.15, 0.2) is 12.4 Å². The molecule has 1 aliphatic heterocycles. The van der Waals surface area contributed by atoms with E-state index in [2.05, 4.69) is 23.7 Å². The first-order valence-corrected chi connectivity index (χ1v) is 12.1. The Labute approximate surface area is 212 Å². The van der Waals surface area contributed by atoms with Crippen LogP contribution in [0.5, 0.6) is 0 Å². The Morgan fingerprint density at radius 1 is 1.14 bits per heavy atom. The monoisotopic (exact) mass is 496 g/mol. The molecule has 194 valence electrons. The van der Waals surface area contributed by atoms with Gasteiger partial charge in [0.25, 0.3) is 5.91 Å². The molecule has 0 bridgehead atoms. The number of hydrogen-bond donors (Lipinski definition) is 2. The lowest BCUT2D eigenvalue weighted by Gasteiger charge is -2.42. The van der Waals surface area contributed by atoms with E-state index in [1.54, 1.807) is 12.1 Å². The van der Waals surface area contributed by atoms with Crippen LogP contribution in [0.15, 0.2) is 61.2 Å². The molecule has 36 heavy (non-hydrogen) atoms. The molecule has 2 aromatic rings. The van der Waals surface area contributed by atoms with Crippen LogP contribution in [0, 0.1) is 5.92 Å². The summed E-state index contributed by atoms with van der Waals surface area (Å²) in [6.07, 6.45) is 0.0698. The summed E-state index contributed by atoms with van der Waals surface area (Å²) in [7, 11) is 2.03. The predicted molar refractivity (Wildman–Crippen MR) is 137 cm³/mol. The van der Waals surface area contributed by atoms with E-state index in [4.69, 9.17) is 14.2 Å². The molecule has 0 aliphatic carbocycles. The van der Waals surface area contributed by atoms with Crippen LogP contribution >= 0.6 is 0 Å². The molecule has 1 fully saturated rings. The molecule has 0 radical (unpaired) electrons. The lowest BCUT2D eigenvalue weighted by molar-refractivity contribution is -0.275. The average molecular weight is 497 g/mol. The van der Waals surface area contributed by atoms with Gasteiger partial charge in [-0.3, -0.25) is 9.59 Å². The lowest BCUT2D eigenvalue weighted by atomic mass is 9.90. The van der Waals surface area contributed by atoms with Crippen LogP contribution in [0.3, 0.4) is 0 Å². The van der Waals surface area contributed by atoms with Crippen LogP contribution in [0.4, 0.5) is 5.69 Å². The van der Waals surface area contributed by atoms with Gasteiger partial charge in [-0.2, -0.15) is 0 Å². The first-order chi connectivity index (χ1) is 17.2. The van der Waals surface area contributed by atoms with Gasteiger partial charge < -0.3 is 29.5 Å². The van der Waals surface area contributed by atoms with Crippen molar-refractivity contribution in [1.82, 2.24) is 4.90 Å². The fourth-order valence-corrected chi connectivity index (χ4v) is 4.20. The van der Waals surface area contributed by atoms with Crippen LogP contribution in [0.25, 0.3) is 0 Å². The molecule has 2 aromatic carbocycles. The van der Waals surface area contributed by atoms with E-state index in [-0.39, 0.29) is 24.7 Å². The Bertz CT molecular complexity index is 1020. The molecule has 8 nitrogen and oxygen atoms in total. The normalized spacial score (nSPS) is 22.6. The van der Waals surface area contributed by atoms with E-state index in [1.165, 1.54) is 13.8 Å². The standard InChI is InChI=1S/C28H36N2O6/c1-6-15-30(5)16-25-18(2)26(22-9-7-21(17-31)8-10-22)36-28(35-25)23-11-13-24(14-12-23)29-27(33)19(3)34-20(4)32/h6-14,18-19,25-26,28,31H,1,15-17H2,2-5H3,(H,29,33)/t18-,19+,25+,26+,28+/m1/s1. The predicted octanol–water partition coefficient (Wildman–Crippen LogP) is 3.98. The number of nitrogens with one attached hydrogen (secondary N) is 1.